The maximum atomic E-state index is 12.0. The number of nitrogens with zero attached hydrogens (tertiary/aromatic N) is 1. The number of hydrogen-bond acceptors (Lipinski definition) is 3. The molecule has 1 fully saturated rings. The molecule has 0 radical (unpaired) electrons. The first-order valence-corrected chi connectivity index (χ1v) is 6.51. The Morgan fingerprint density at radius 1 is 1.58 bits per heavy atom. The number of piperidine rings is 1. The van der Waals surface area contributed by atoms with E-state index < -0.39 is 24.0 Å². The Bertz CT molecular complexity index is 359. The molecule has 1 aliphatic rings. The van der Waals surface area contributed by atoms with Gasteiger partial charge in [0.25, 0.3) is 0 Å². The molecule has 0 aromatic rings. The molecule has 19 heavy (non-hydrogen) atoms. The second-order valence-corrected chi connectivity index (χ2v) is 4.71. The minimum Gasteiger partial charge on any atom is -0.481 e. The molecular formula is C12H21N3O4. The molecule has 0 bridgehead atoms. The van der Waals surface area contributed by atoms with Crippen molar-refractivity contribution in [1.82, 2.24) is 15.5 Å². The molecule has 1 heterocycles. The van der Waals surface area contributed by atoms with Gasteiger partial charge >= 0.3 is 12.0 Å². The maximum absolute atomic E-state index is 12.0. The van der Waals surface area contributed by atoms with Crippen LogP contribution >= 0.6 is 0 Å². The summed E-state index contributed by atoms with van der Waals surface area (Å²) in [7, 11) is 0. The molecule has 2 atom stereocenters. The molecule has 0 aromatic heterocycles. The lowest BCUT2D eigenvalue weighted by atomic mass is 10.1. The van der Waals surface area contributed by atoms with Gasteiger partial charge in [0, 0.05) is 19.6 Å². The second-order valence-electron chi connectivity index (χ2n) is 4.71. The Hall–Kier alpha value is -1.79. The van der Waals surface area contributed by atoms with E-state index in [-0.39, 0.29) is 12.5 Å². The van der Waals surface area contributed by atoms with E-state index in [4.69, 9.17) is 5.11 Å². The summed E-state index contributed by atoms with van der Waals surface area (Å²) in [6.07, 6.45) is 1.44. The van der Waals surface area contributed by atoms with Gasteiger partial charge in [-0.05, 0) is 19.8 Å². The van der Waals surface area contributed by atoms with Crippen LogP contribution in [-0.2, 0) is 9.59 Å². The Morgan fingerprint density at radius 2 is 2.26 bits per heavy atom. The number of hydrogen-bond donors (Lipinski definition) is 3. The zero-order chi connectivity index (χ0) is 14.4. The van der Waals surface area contributed by atoms with Crippen molar-refractivity contribution in [3.63, 3.8) is 0 Å². The predicted octanol–water partition coefficient (Wildman–Crippen LogP) is 0.0172. The highest BCUT2D eigenvalue weighted by Crippen LogP contribution is 2.05. The summed E-state index contributed by atoms with van der Waals surface area (Å²) in [5.74, 6) is -1.76. The topological polar surface area (TPSA) is 98.7 Å². The first-order valence-electron chi connectivity index (χ1n) is 6.51. The van der Waals surface area contributed by atoms with E-state index in [0.717, 1.165) is 6.42 Å². The van der Waals surface area contributed by atoms with Crippen molar-refractivity contribution in [3.05, 3.63) is 0 Å². The van der Waals surface area contributed by atoms with Crippen LogP contribution < -0.4 is 10.6 Å². The van der Waals surface area contributed by atoms with E-state index in [2.05, 4.69) is 10.6 Å². The van der Waals surface area contributed by atoms with Crippen LogP contribution in [0.3, 0.4) is 0 Å². The zero-order valence-corrected chi connectivity index (χ0v) is 11.3. The fraction of sp³-hybridized carbons (Fsp3) is 0.750. The van der Waals surface area contributed by atoms with Gasteiger partial charge in [-0.25, -0.2) is 4.79 Å². The van der Waals surface area contributed by atoms with E-state index in [1.165, 1.54) is 4.90 Å². The minimum absolute atomic E-state index is 0.131. The number of carbonyl (C=O) groups is 3. The first-order chi connectivity index (χ1) is 8.95. The normalized spacial score (nSPS) is 20.3. The first kappa shape index (κ1) is 15.3. The van der Waals surface area contributed by atoms with Crippen molar-refractivity contribution in [3.8, 4) is 0 Å². The fourth-order valence-electron chi connectivity index (χ4n) is 1.91. The van der Waals surface area contributed by atoms with Crippen LogP contribution in [0.4, 0.5) is 4.79 Å². The average Bonchev–Trinajstić information content (AvgIpc) is 2.38. The molecule has 7 heteroatoms. The Labute approximate surface area is 112 Å². The van der Waals surface area contributed by atoms with E-state index in [0.29, 0.717) is 19.5 Å². The quantitative estimate of drug-likeness (QED) is 0.656. The van der Waals surface area contributed by atoms with Gasteiger partial charge in [-0.3, -0.25) is 9.59 Å². The summed E-state index contributed by atoms with van der Waals surface area (Å²) in [5.41, 5.74) is 0. The minimum atomic E-state index is -0.943. The van der Waals surface area contributed by atoms with Crippen LogP contribution in [0.5, 0.6) is 0 Å². The highest BCUT2D eigenvalue weighted by atomic mass is 16.4. The highest BCUT2D eigenvalue weighted by molar-refractivity contribution is 5.87. The maximum Gasteiger partial charge on any atom is 0.318 e. The molecule has 3 N–H and O–H groups in total. The number of carboxylic acids is 1. The monoisotopic (exact) mass is 271 g/mol. The fourth-order valence-corrected chi connectivity index (χ4v) is 1.91. The largest absolute Gasteiger partial charge is 0.481 e. The lowest BCUT2D eigenvalue weighted by molar-refractivity contribution is -0.141. The molecule has 0 saturated carbocycles. The molecule has 1 rings (SSSR count). The van der Waals surface area contributed by atoms with Gasteiger partial charge < -0.3 is 20.6 Å². The van der Waals surface area contributed by atoms with Gasteiger partial charge in [-0.15, -0.1) is 0 Å². The van der Waals surface area contributed by atoms with Crippen molar-refractivity contribution < 1.29 is 19.5 Å². The van der Waals surface area contributed by atoms with E-state index in [9.17, 15) is 14.4 Å². The number of carboxylic acid groups (broad SMARTS) is 1. The average molecular weight is 271 g/mol. The van der Waals surface area contributed by atoms with Crippen molar-refractivity contribution in [2.24, 2.45) is 5.92 Å². The Balaban J connectivity index is 2.53. The van der Waals surface area contributed by atoms with E-state index in [1.807, 2.05) is 0 Å². The summed E-state index contributed by atoms with van der Waals surface area (Å²) in [6.45, 7) is 4.49. The van der Waals surface area contributed by atoms with Crippen molar-refractivity contribution >= 4 is 17.9 Å². The molecule has 0 aromatic carbocycles. The number of rotatable bonds is 5. The molecule has 1 saturated heterocycles. The van der Waals surface area contributed by atoms with Crippen molar-refractivity contribution in [1.29, 1.82) is 0 Å². The number of aliphatic carboxylic acids is 1. The molecule has 3 amide bonds. The molecule has 7 nitrogen and oxygen atoms in total. The standard InChI is InChI=1S/C12H21N3O4/c1-3-15(7-8(2)11(17)18)12(19)14-9-5-4-6-13-10(9)16/h8-9H,3-7H2,1-2H3,(H,13,16)(H,14,19)(H,17,18). The Morgan fingerprint density at radius 3 is 2.79 bits per heavy atom. The number of nitrogens with one attached hydrogen (secondary N) is 2. The number of amides is 3. The summed E-state index contributed by atoms with van der Waals surface area (Å²) >= 11 is 0. The second kappa shape index (κ2) is 6.96. The third kappa shape index (κ3) is 4.42. The smallest absolute Gasteiger partial charge is 0.318 e. The summed E-state index contributed by atoms with van der Waals surface area (Å²) in [5, 5.41) is 14.2. The third-order valence-electron chi connectivity index (χ3n) is 3.17. The lowest BCUT2D eigenvalue weighted by Crippen LogP contribution is -2.54. The van der Waals surface area contributed by atoms with Crippen molar-refractivity contribution in [2.45, 2.75) is 32.7 Å². The zero-order valence-electron chi connectivity index (χ0n) is 11.3. The number of urea groups is 1. The molecule has 1 aliphatic heterocycles. The van der Waals surface area contributed by atoms with Crippen LogP contribution in [0, 0.1) is 5.92 Å². The summed E-state index contributed by atoms with van der Waals surface area (Å²) in [4.78, 5) is 35.7. The van der Waals surface area contributed by atoms with Gasteiger partial charge in [0.15, 0.2) is 0 Å². The van der Waals surface area contributed by atoms with Crippen LogP contribution in [0.15, 0.2) is 0 Å². The van der Waals surface area contributed by atoms with Gasteiger partial charge in [-0.1, -0.05) is 6.92 Å². The van der Waals surface area contributed by atoms with Crippen LogP contribution in [0.2, 0.25) is 0 Å². The molecule has 0 spiro atoms. The lowest BCUT2D eigenvalue weighted by Gasteiger charge is -2.28. The molecular weight excluding hydrogens is 250 g/mol. The van der Waals surface area contributed by atoms with Gasteiger partial charge in [-0.2, -0.15) is 0 Å². The summed E-state index contributed by atoms with van der Waals surface area (Å²) < 4.78 is 0. The molecule has 2 unspecified atom stereocenters. The van der Waals surface area contributed by atoms with Crippen LogP contribution in [0.1, 0.15) is 26.7 Å². The SMILES string of the molecule is CCN(CC(C)C(=O)O)C(=O)NC1CCCNC1=O. The van der Waals surface area contributed by atoms with Gasteiger partial charge in [0.2, 0.25) is 5.91 Å². The molecule has 0 aliphatic carbocycles. The van der Waals surface area contributed by atoms with Crippen LogP contribution in [-0.4, -0.2) is 53.6 Å². The number of carbonyl (C=O) groups excluding carboxylic acids is 2. The van der Waals surface area contributed by atoms with E-state index in [1.54, 1.807) is 13.8 Å². The summed E-state index contributed by atoms with van der Waals surface area (Å²) in [6, 6.07) is -0.909. The van der Waals surface area contributed by atoms with Gasteiger partial charge in [0.1, 0.15) is 6.04 Å². The molecule has 108 valence electrons. The predicted molar refractivity (Wildman–Crippen MR) is 68.6 cm³/mol. The van der Waals surface area contributed by atoms with E-state index >= 15 is 0 Å². The van der Waals surface area contributed by atoms with Gasteiger partial charge in [0.05, 0.1) is 5.92 Å². The van der Waals surface area contributed by atoms with Crippen LogP contribution in [0.25, 0.3) is 0 Å². The third-order valence-corrected chi connectivity index (χ3v) is 3.17. The van der Waals surface area contributed by atoms with Crippen molar-refractivity contribution in [2.75, 3.05) is 19.6 Å². The highest BCUT2D eigenvalue weighted by Gasteiger charge is 2.26. The Kier molecular flexibility index (Phi) is 5.59.